The number of carbonyl (C=O) groups is 2. The lowest BCUT2D eigenvalue weighted by Gasteiger charge is -2.36. The minimum Gasteiger partial charge on any atom is -0.367 e. The summed E-state index contributed by atoms with van der Waals surface area (Å²) in [6.07, 6.45) is 0. The number of aromatic nitrogens is 1. The zero-order valence-corrected chi connectivity index (χ0v) is 17.2. The first kappa shape index (κ1) is 20.7. The van der Waals surface area contributed by atoms with Gasteiger partial charge in [-0.05, 0) is 31.2 Å². The van der Waals surface area contributed by atoms with Gasteiger partial charge in [0.15, 0.2) is 0 Å². The molecule has 0 aliphatic carbocycles. The number of hydrogen-bond donors (Lipinski definition) is 2. The Morgan fingerprint density at radius 1 is 1.07 bits per heavy atom. The summed E-state index contributed by atoms with van der Waals surface area (Å²) in [5.74, 6) is -0.133. The van der Waals surface area contributed by atoms with Gasteiger partial charge in [-0.2, -0.15) is 0 Å². The van der Waals surface area contributed by atoms with E-state index in [4.69, 9.17) is 11.6 Å². The molecule has 2 heterocycles. The number of hydrogen-bond acceptors (Lipinski definition) is 4. The molecule has 3 amide bonds. The molecule has 154 valence electrons. The van der Waals surface area contributed by atoms with Gasteiger partial charge in [-0.15, -0.1) is 0 Å². The number of benzene rings is 1. The maximum Gasteiger partial charge on any atom is 0.319 e. The van der Waals surface area contributed by atoms with Crippen molar-refractivity contribution in [1.82, 2.24) is 14.8 Å². The molecule has 1 saturated heterocycles. The number of nitrogens with zero attached hydrogens (tertiary/aromatic N) is 3. The quantitative estimate of drug-likeness (QED) is 0.795. The third-order valence-electron chi connectivity index (χ3n) is 4.99. The van der Waals surface area contributed by atoms with Crippen LogP contribution >= 0.6 is 11.6 Å². The van der Waals surface area contributed by atoms with Gasteiger partial charge in [-0.3, -0.25) is 9.59 Å². The second kappa shape index (κ2) is 9.00. The summed E-state index contributed by atoms with van der Waals surface area (Å²) in [7, 11) is 1.47. The van der Waals surface area contributed by atoms with E-state index in [2.05, 4.69) is 15.5 Å². The number of aryl methyl sites for hydroxylation is 1. The zero-order valence-electron chi connectivity index (χ0n) is 16.4. The Bertz CT molecular complexity index is 967. The fourth-order valence-electron chi connectivity index (χ4n) is 3.29. The van der Waals surface area contributed by atoms with Crippen LogP contribution in [0.25, 0.3) is 0 Å². The van der Waals surface area contributed by atoms with Gasteiger partial charge in [-0.1, -0.05) is 23.7 Å². The van der Waals surface area contributed by atoms with Crippen molar-refractivity contribution in [2.45, 2.75) is 13.5 Å². The van der Waals surface area contributed by atoms with Crippen LogP contribution in [-0.4, -0.2) is 54.6 Å². The molecule has 0 unspecified atom stereocenters. The van der Waals surface area contributed by atoms with E-state index in [-0.39, 0.29) is 18.1 Å². The van der Waals surface area contributed by atoms with E-state index in [1.165, 1.54) is 17.7 Å². The summed E-state index contributed by atoms with van der Waals surface area (Å²) in [5.41, 5.74) is 1.34. The van der Waals surface area contributed by atoms with Crippen molar-refractivity contribution in [3.63, 3.8) is 0 Å². The average molecular weight is 418 g/mol. The monoisotopic (exact) mass is 417 g/mol. The summed E-state index contributed by atoms with van der Waals surface area (Å²) >= 11 is 6.27. The number of urea groups is 1. The molecule has 0 saturated carbocycles. The van der Waals surface area contributed by atoms with Crippen LogP contribution < -0.4 is 21.1 Å². The van der Waals surface area contributed by atoms with E-state index >= 15 is 0 Å². The molecule has 9 heteroatoms. The molecule has 1 aromatic heterocycles. The molecule has 1 aliphatic heterocycles. The molecule has 0 atom stereocenters. The molecule has 1 aliphatic rings. The second-order valence-corrected chi connectivity index (χ2v) is 7.21. The molecular weight excluding hydrogens is 394 g/mol. The molecule has 2 N–H and O–H groups in total. The van der Waals surface area contributed by atoms with Crippen LogP contribution in [0, 0.1) is 6.92 Å². The number of halogens is 1. The van der Waals surface area contributed by atoms with E-state index in [1.54, 1.807) is 17.9 Å². The maximum atomic E-state index is 12.8. The van der Waals surface area contributed by atoms with Crippen LogP contribution in [0.15, 0.2) is 41.2 Å². The Morgan fingerprint density at radius 3 is 2.41 bits per heavy atom. The Hall–Kier alpha value is -3.00. The maximum absolute atomic E-state index is 12.8. The van der Waals surface area contributed by atoms with Crippen LogP contribution in [-0.2, 0) is 11.3 Å². The van der Waals surface area contributed by atoms with Crippen molar-refractivity contribution in [3.05, 3.63) is 57.5 Å². The highest BCUT2D eigenvalue weighted by Gasteiger charge is 2.23. The normalized spacial score (nSPS) is 13.9. The lowest BCUT2D eigenvalue weighted by molar-refractivity contribution is -0.132. The fourth-order valence-corrected chi connectivity index (χ4v) is 3.54. The number of anilines is 2. The van der Waals surface area contributed by atoms with E-state index in [9.17, 15) is 14.4 Å². The minimum absolute atomic E-state index is 0.0694. The summed E-state index contributed by atoms with van der Waals surface area (Å²) < 4.78 is 1.38. The molecule has 0 radical (unpaired) electrons. The Morgan fingerprint density at radius 2 is 1.76 bits per heavy atom. The van der Waals surface area contributed by atoms with Crippen LogP contribution in [0.5, 0.6) is 0 Å². The number of amides is 3. The third-order valence-corrected chi connectivity index (χ3v) is 5.31. The van der Waals surface area contributed by atoms with Crippen LogP contribution in [0.4, 0.5) is 16.2 Å². The third kappa shape index (κ3) is 4.71. The molecule has 8 nitrogen and oxygen atoms in total. The van der Waals surface area contributed by atoms with Crippen LogP contribution in [0.3, 0.4) is 0 Å². The van der Waals surface area contributed by atoms with Gasteiger partial charge in [-0.25, -0.2) is 4.79 Å². The topological polar surface area (TPSA) is 86.7 Å². The van der Waals surface area contributed by atoms with Gasteiger partial charge in [0.1, 0.15) is 12.2 Å². The fraction of sp³-hybridized carbons (Fsp3) is 0.350. The highest BCUT2D eigenvalue weighted by molar-refractivity contribution is 6.33. The minimum atomic E-state index is -0.487. The molecule has 1 aromatic carbocycles. The van der Waals surface area contributed by atoms with Crippen molar-refractivity contribution >= 4 is 34.9 Å². The highest BCUT2D eigenvalue weighted by Crippen LogP contribution is 2.26. The largest absolute Gasteiger partial charge is 0.367 e. The smallest absolute Gasteiger partial charge is 0.319 e. The number of para-hydroxylation sites is 1. The molecule has 2 aromatic rings. The van der Waals surface area contributed by atoms with Gasteiger partial charge < -0.3 is 25.0 Å². The Kier molecular flexibility index (Phi) is 6.43. The van der Waals surface area contributed by atoms with Crippen molar-refractivity contribution in [2.24, 2.45) is 0 Å². The van der Waals surface area contributed by atoms with E-state index < -0.39 is 11.6 Å². The predicted molar refractivity (Wildman–Crippen MR) is 114 cm³/mol. The number of rotatable bonds is 4. The number of carbonyl (C=O) groups excluding carboxylic acids is 2. The van der Waals surface area contributed by atoms with Gasteiger partial charge in [0.25, 0.3) is 5.56 Å². The van der Waals surface area contributed by atoms with Crippen LogP contribution in [0.2, 0.25) is 5.02 Å². The molecular formula is C20H24ClN5O3. The Labute approximate surface area is 174 Å². The SMILES string of the molecule is CNC(=O)Nc1ccc(C)n(CC(=O)N2CCN(c3ccccc3Cl)CC2)c1=O. The first-order valence-electron chi connectivity index (χ1n) is 9.37. The summed E-state index contributed by atoms with van der Waals surface area (Å²) in [6.45, 7) is 4.12. The summed E-state index contributed by atoms with van der Waals surface area (Å²) in [5, 5.41) is 5.57. The lowest BCUT2D eigenvalue weighted by Crippen LogP contribution is -2.50. The molecule has 3 rings (SSSR count). The van der Waals surface area contributed by atoms with E-state index in [1.807, 2.05) is 24.3 Å². The molecule has 1 fully saturated rings. The van der Waals surface area contributed by atoms with Gasteiger partial charge in [0.05, 0.1) is 10.7 Å². The van der Waals surface area contributed by atoms with Gasteiger partial charge in [0, 0.05) is 38.9 Å². The van der Waals surface area contributed by atoms with Gasteiger partial charge >= 0.3 is 6.03 Å². The lowest BCUT2D eigenvalue weighted by atomic mass is 10.2. The Balaban J connectivity index is 1.67. The van der Waals surface area contributed by atoms with Crippen molar-refractivity contribution in [1.29, 1.82) is 0 Å². The molecule has 0 bridgehead atoms. The first-order chi connectivity index (χ1) is 13.9. The highest BCUT2D eigenvalue weighted by atomic mass is 35.5. The van der Waals surface area contributed by atoms with Gasteiger partial charge in [0.2, 0.25) is 5.91 Å². The number of piperazine rings is 1. The molecule has 29 heavy (non-hydrogen) atoms. The van der Waals surface area contributed by atoms with Crippen LogP contribution in [0.1, 0.15) is 5.69 Å². The average Bonchev–Trinajstić information content (AvgIpc) is 2.73. The number of nitrogens with one attached hydrogen (secondary N) is 2. The predicted octanol–water partition coefficient (Wildman–Crippen LogP) is 1.91. The molecule has 0 spiro atoms. The van der Waals surface area contributed by atoms with Crippen molar-refractivity contribution in [2.75, 3.05) is 43.4 Å². The number of pyridine rings is 1. The summed E-state index contributed by atoms with van der Waals surface area (Å²) in [4.78, 5) is 40.9. The van der Waals surface area contributed by atoms with E-state index in [0.29, 0.717) is 36.9 Å². The van der Waals surface area contributed by atoms with E-state index in [0.717, 1.165) is 5.69 Å². The second-order valence-electron chi connectivity index (χ2n) is 6.80. The first-order valence-corrected chi connectivity index (χ1v) is 9.75. The van der Waals surface area contributed by atoms with Crippen molar-refractivity contribution < 1.29 is 9.59 Å². The standard InChI is InChI=1S/C20H24ClN5O3/c1-14-7-8-16(23-20(29)22-2)19(28)26(14)13-18(27)25-11-9-24(10-12-25)17-6-4-3-5-15(17)21/h3-8H,9-13H2,1-2H3,(H2,22,23,29). The zero-order chi connectivity index (χ0) is 21.0. The summed E-state index contributed by atoms with van der Waals surface area (Å²) in [6, 6.07) is 10.4. The van der Waals surface area contributed by atoms with Crippen molar-refractivity contribution in [3.8, 4) is 0 Å².